The van der Waals surface area contributed by atoms with Crippen LogP contribution in [0.4, 0.5) is 0 Å². The standard InChI is InChI=1S/C17H23N3O3S2/c1-5-10(3)14(17(22)23-4)20-13(21)8-24-15-12-7-11(6-2)25-16(12)19-9-18-15/h7,9-10,14H,5-6,8H2,1-4H3,(H,20,21)/t10-,14+/m1/s1. The summed E-state index contributed by atoms with van der Waals surface area (Å²) in [6.07, 6.45) is 3.24. The molecule has 0 aliphatic rings. The normalized spacial score (nSPS) is 13.4. The monoisotopic (exact) mass is 381 g/mol. The number of aromatic nitrogens is 2. The van der Waals surface area contributed by atoms with Gasteiger partial charge in [0.1, 0.15) is 22.2 Å². The highest BCUT2D eigenvalue weighted by molar-refractivity contribution is 8.00. The van der Waals surface area contributed by atoms with Crippen molar-refractivity contribution in [1.29, 1.82) is 0 Å². The Balaban J connectivity index is 2.04. The van der Waals surface area contributed by atoms with Gasteiger partial charge in [-0.3, -0.25) is 4.79 Å². The molecule has 0 spiro atoms. The molecule has 1 amide bonds. The molecule has 6 nitrogen and oxygen atoms in total. The molecular formula is C17H23N3O3S2. The second kappa shape index (κ2) is 9.15. The van der Waals surface area contributed by atoms with Gasteiger partial charge in [-0.1, -0.05) is 39.0 Å². The second-order valence-corrected chi connectivity index (χ2v) is 7.79. The van der Waals surface area contributed by atoms with E-state index in [-0.39, 0.29) is 17.6 Å². The molecule has 0 aliphatic carbocycles. The fourth-order valence-corrected chi connectivity index (χ4v) is 4.10. The van der Waals surface area contributed by atoms with E-state index in [9.17, 15) is 9.59 Å². The lowest BCUT2D eigenvalue weighted by atomic mass is 9.99. The van der Waals surface area contributed by atoms with E-state index in [1.54, 1.807) is 11.3 Å². The van der Waals surface area contributed by atoms with Crippen LogP contribution in [0.5, 0.6) is 0 Å². The number of fused-ring (bicyclic) bond motifs is 1. The van der Waals surface area contributed by atoms with Gasteiger partial charge in [0.2, 0.25) is 5.91 Å². The topological polar surface area (TPSA) is 81.2 Å². The number of nitrogens with zero attached hydrogens (tertiary/aromatic N) is 2. The number of nitrogens with one attached hydrogen (secondary N) is 1. The molecule has 8 heteroatoms. The summed E-state index contributed by atoms with van der Waals surface area (Å²) in [6, 6.07) is 1.46. The minimum absolute atomic E-state index is 0.0103. The summed E-state index contributed by atoms with van der Waals surface area (Å²) in [5.41, 5.74) is 0. The van der Waals surface area contributed by atoms with Crippen molar-refractivity contribution in [2.75, 3.05) is 12.9 Å². The van der Waals surface area contributed by atoms with Gasteiger partial charge in [-0.15, -0.1) is 11.3 Å². The molecule has 2 rings (SSSR count). The van der Waals surface area contributed by atoms with Gasteiger partial charge in [0.25, 0.3) is 0 Å². The maximum atomic E-state index is 12.3. The lowest BCUT2D eigenvalue weighted by Crippen LogP contribution is -2.46. The number of carbonyl (C=O) groups is 2. The number of hydrogen-bond acceptors (Lipinski definition) is 7. The zero-order chi connectivity index (χ0) is 18.4. The smallest absolute Gasteiger partial charge is 0.328 e. The van der Waals surface area contributed by atoms with Crippen LogP contribution in [0.25, 0.3) is 10.2 Å². The van der Waals surface area contributed by atoms with E-state index in [2.05, 4.69) is 28.3 Å². The predicted octanol–water partition coefficient (Wildman–Crippen LogP) is 3.05. The van der Waals surface area contributed by atoms with Crippen molar-refractivity contribution < 1.29 is 14.3 Å². The number of ether oxygens (including phenoxy) is 1. The minimum atomic E-state index is -0.624. The van der Waals surface area contributed by atoms with E-state index < -0.39 is 12.0 Å². The number of rotatable bonds is 8. The molecule has 25 heavy (non-hydrogen) atoms. The Hall–Kier alpha value is -1.67. The Morgan fingerprint density at radius 3 is 2.76 bits per heavy atom. The Kier molecular flexibility index (Phi) is 7.19. The van der Waals surface area contributed by atoms with Crippen molar-refractivity contribution in [3.63, 3.8) is 0 Å². The van der Waals surface area contributed by atoms with Crippen LogP contribution in [-0.2, 0) is 20.7 Å². The van der Waals surface area contributed by atoms with Gasteiger partial charge in [-0.25, -0.2) is 14.8 Å². The van der Waals surface area contributed by atoms with E-state index in [0.29, 0.717) is 0 Å². The van der Waals surface area contributed by atoms with Gasteiger partial charge in [-0.2, -0.15) is 0 Å². The Bertz CT molecular complexity index is 748. The lowest BCUT2D eigenvalue weighted by molar-refractivity contribution is -0.146. The van der Waals surface area contributed by atoms with Crippen molar-refractivity contribution in [1.82, 2.24) is 15.3 Å². The number of thiophene rings is 1. The van der Waals surface area contributed by atoms with Crippen LogP contribution >= 0.6 is 23.1 Å². The molecule has 2 aromatic heterocycles. The van der Waals surface area contributed by atoms with E-state index in [4.69, 9.17) is 4.74 Å². The maximum Gasteiger partial charge on any atom is 0.328 e. The van der Waals surface area contributed by atoms with E-state index in [0.717, 1.165) is 28.1 Å². The maximum absolute atomic E-state index is 12.3. The minimum Gasteiger partial charge on any atom is -0.467 e. The largest absolute Gasteiger partial charge is 0.467 e. The number of thioether (sulfide) groups is 1. The van der Waals surface area contributed by atoms with Crippen LogP contribution in [0.2, 0.25) is 0 Å². The molecule has 0 unspecified atom stereocenters. The summed E-state index contributed by atoms with van der Waals surface area (Å²) in [6.45, 7) is 5.99. The zero-order valence-electron chi connectivity index (χ0n) is 14.9. The van der Waals surface area contributed by atoms with E-state index >= 15 is 0 Å². The van der Waals surface area contributed by atoms with Crippen LogP contribution in [0.1, 0.15) is 32.1 Å². The average Bonchev–Trinajstić information content (AvgIpc) is 3.07. The van der Waals surface area contributed by atoms with Crippen LogP contribution < -0.4 is 5.32 Å². The summed E-state index contributed by atoms with van der Waals surface area (Å²) in [7, 11) is 1.33. The number of hydrogen-bond donors (Lipinski definition) is 1. The van der Waals surface area contributed by atoms with Crippen molar-refractivity contribution in [2.45, 2.75) is 44.7 Å². The van der Waals surface area contributed by atoms with Crippen molar-refractivity contribution in [3.8, 4) is 0 Å². The number of methoxy groups -OCH3 is 1. The third kappa shape index (κ3) is 4.92. The van der Waals surface area contributed by atoms with Crippen LogP contribution in [0.15, 0.2) is 17.4 Å². The average molecular weight is 382 g/mol. The van der Waals surface area contributed by atoms with Crippen molar-refractivity contribution in [2.24, 2.45) is 5.92 Å². The molecule has 0 saturated carbocycles. The highest BCUT2D eigenvalue weighted by atomic mass is 32.2. The van der Waals surface area contributed by atoms with E-state index in [1.165, 1.54) is 30.1 Å². The van der Waals surface area contributed by atoms with Gasteiger partial charge in [0.05, 0.1) is 12.9 Å². The molecule has 2 atom stereocenters. The molecule has 0 saturated heterocycles. The first-order chi connectivity index (χ1) is 12.0. The molecule has 0 aliphatic heterocycles. The van der Waals surface area contributed by atoms with Crippen LogP contribution in [-0.4, -0.2) is 40.7 Å². The quantitative estimate of drug-likeness (QED) is 0.430. The Morgan fingerprint density at radius 1 is 1.36 bits per heavy atom. The molecule has 0 aromatic carbocycles. The van der Waals surface area contributed by atoms with Crippen LogP contribution in [0, 0.1) is 5.92 Å². The predicted molar refractivity (Wildman–Crippen MR) is 101 cm³/mol. The number of esters is 1. The third-order valence-corrected chi connectivity index (χ3v) is 6.21. The summed E-state index contributed by atoms with van der Waals surface area (Å²) in [5.74, 6) is -0.426. The number of amides is 1. The molecule has 2 heterocycles. The highest BCUT2D eigenvalue weighted by Crippen LogP contribution is 2.30. The molecule has 0 bridgehead atoms. The van der Waals surface area contributed by atoms with Gasteiger partial charge < -0.3 is 10.1 Å². The summed E-state index contributed by atoms with van der Waals surface area (Å²) < 4.78 is 4.79. The van der Waals surface area contributed by atoms with Crippen molar-refractivity contribution >= 4 is 45.2 Å². The van der Waals surface area contributed by atoms with Gasteiger partial charge in [-0.05, 0) is 18.4 Å². The molecular weight excluding hydrogens is 358 g/mol. The first-order valence-corrected chi connectivity index (χ1v) is 10.0. The number of aryl methyl sites for hydroxylation is 1. The number of carbonyl (C=O) groups excluding carboxylic acids is 2. The molecule has 1 N–H and O–H groups in total. The molecule has 0 fully saturated rings. The molecule has 0 radical (unpaired) electrons. The van der Waals surface area contributed by atoms with Gasteiger partial charge in [0, 0.05) is 10.3 Å². The van der Waals surface area contributed by atoms with Gasteiger partial charge in [0.15, 0.2) is 0 Å². The summed E-state index contributed by atoms with van der Waals surface area (Å²) >= 11 is 3.00. The Morgan fingerprint density at radius 2 is 2.12 bits per heavy atom. The highest BCUT2D eigenvalue weighted by Gasteiger charge is 2.26. The first-order valence-electron chi connectivity index (χ1n) is 8.23. The molecule has 2 aromatic rings. The summed E-state index contributed by atoms with van der Waals surface area (Å²) in [5, 5.41) is 4.54. The van der Waals surface area contributed by atoms with Gasteiger partial charge >= 0.3 is 5.97 Å². The fourth-order valence-electron chi connectivity index (χ4n) is 2.32. The van der Waals surface area contributed by atoms with Crippen LogP contribution in [0.3, 0.4) is 0 Å². The third-order valence-electron chi connectivity index (χ3n) is 4.02. The van der Waals surface area contributed by atoms with Crippen molar-refractivity contribution in [3.05, 3.63) is 17.3 Å². The lowest BCUT2D eigenvalue weighted by Gasteiger charge is -2.21. The SMILES string of the molecule is CCc1cc2c(SCC(=O)N[C@H](C(=O)OC)[C@H](C)CC)ncnc2s1. The zero-order valence-corrected chi connectivity index (χ0v) is 16.5. The molecule has 136 valence electrons. The fraction of sp³-hybridized carbons (Fsp3) is 0.529. The first kappa shape index (κ1) is 19.7. The van der Waals surface area contributed by atoms with E-state index in [1.807, 2.05) is 13.8 Å². The second-order valence-electron chi connectivity index (χ2n) is 5.71. The summed E-state index contributed by atoms with van der Waals surface area (Å²) in [4.78, 5) is 34.9. The Labute approximate surface area is 155 Å².